The Kier molecular flexibility index (Phi) is 11.3. The molecule has 0 unspecified atom stereocenters. The summed E-state index contributed by atoms with van der Waals surface area (Å²) in [5.74, 6) is 2.62. The maximum atomic E-state index is 14.3. The Morgan fingerprint density at radius 3 is 2.62 bits per heavy atom. The van der Waals surface area contributed by atoms with Gasteiger partial charge in [0, 0.05) is 19.2 Å². The molecule has 0 aliphatic carbocycles. The Morgan fingerprint density at radius 2 is 1.83 bits per heavy atom. The number of carbonyl (C=O) groups is 1. The first-order valence-electron chi connectivity index (χ1n) is 19.4. The summed E-state index contributed by atoms with van der Waals surface area (Å²) in [6.07, 6.45) is -1.14. The number of fused-ring (bicyclic) bond motifs is 2. The first kappa shape index (κ1) is 39.9. The molecule has 0 radical (unpaired) electrons. The van der Waals surface area contributed by atoms with Gasteiger partial charge in [0.1, 0.15) is 23.3 Å². The Hall–Kier alpha value is -4.94. The molecule has 4 aliphatic rings. The average molecular weight is 821 g/mol. The fourth-order valence-corrected chi connectivity index (χ4v) is 9.59. The number of aromatic nitrogens is 2. The van der Waals surface area contributed by atoms with Crippen molar-refractivity contribution in [1.29, 1.82) is 0 Å². The van der Waals surface area contributed by atoms with E-state index < -0.39 is 46.4 Å². The molecule has 4 aliphatic heterocycles. The molecule has 3 aromatic carbocycles. The van der Waals surface area contributed by atoms with Gasteiger partial charge in [0.05, 0.1) is 48.8 Å². The van der Waals surface area contributed by atoms with Crippen LogP contribution in [0.2, 0.25) is 0 Å². The van der Waals surface area contributed by atoms with E-state index in [0.717, 1.165) is 12.0 Å². The van der Waals surface area contributed by atoms with Crippen molar-refractivity contribution >= 4 is 16.1 Å². The fraction of sp³-hybridized carbons (Fsp3) is 0.488. The molecule has 3 saturated heterocycles. The molecular weight excluding hydrogens is 773 g/mol. The minimum atomic E-state index is -4.04. The summed E-state index contributed by atoms with van der Waals surface area (Å²) < 4.78 is 82.2. The summed E-state index contributed by atoms with van der Waals surface area (Å²) in [6, 6.07) is 18.8. The number of amides is 1. The number of nitrogens with zero attached hydrogens (tertiary/aromatic N) is 4. The van der Waals surface area contributed by atoms with Crippen LogP contribution < -0.4 is 18.9 Å². The van der Waals surface area contributed by atoms with Gasteiger partial charge in [0.15, 0.2) is 24.4 Å². The number of carbonyl (C=O) groups excluding carboxylic acids is 1. The predicted octanol–water partition coefficient (Wildman–Crippen LogP) is 5.65. The van der Waals surface area contributed by atoms with Crippen LogP contribution in [0.4, 0.5) is 4.79 Å². The maximum absolute atomic E-state index is 14.3. The van der Waals surface area contributed by atoms with Crippen LogP contribution in [0.1, 0.15) is 45.5 Å². The number of rotatable bonds is 14. The summed E-state index contributed by atoms with van der Waals surface area (Å²) in [5, 5.41) is 4.06. The first-order valence-corrected chi connectivity index (χ1v) is 20.8. The number of sulfonamides is 1. The van der Waals surface area contributed by atoms with E-state index >= 15 is 0 Å². The predicted molar refractivity (Wildman–Crippen MR) is 206 cm³/mol. The third-order valence-corrected chi connectivity index (χ3v) is 12.5. The minimum absolute atomic E-state index is 0.0191. The van der Waals surface area contributed by atoms with Crippen LogP contribution in [0.15, 0.2) is 76.1 Å². The van der Waals surface area contributed by atoms with Gasteiger partial charge in [0.2, 0.25) is 22.6 Å². The summed E-state index contributed by atoms with van der Waals surface area (Å²) in [5.41, 5.74) is 0.385. The molecule has 58 heavy (non-hydrogen) atoms. The molecule has 5 heterocycles. The van der Waals surface area contributed by atoms with Crippen molar-refractivity contribution in [1.82, 2.24) is 19.3 Å². The number of hydrogen-bond acceptors (Lipinski definition) is 14. The number of methoxy groups -OCH3 is 1. The maximum Gasteiger partial charge on any atom is 0.412 e. The van der Waals surface area contributed by atoms with Crippen molar-refractivity contribution in [2.24, 2.45) is 11.8 Å². The van der Waals surface area contributed by atoms with E-state index in [0.29, 0.717) is 53.3 Å². The van der Waals surface area contributed by atoms with Crippen LogP contribution in [0, 0.1) is 11.8 Å². The lowest BCUT2D eigenvalue weighted by Gasteiger charge is -2.34. The molecule has 0 N–H and O–H groups in total. The van der Waals surface area contributed by atoms with Gasteiger partial charge < -0.3 is 42.4 Å². The highest BCUT2D eigenvalue weighted by Crippen LogP contribution is 2.40. The van der Waals surface area contributed by atoms with Gasteiger partial charge in [-0.2, -0.15) is 9.29 Å². The molecule has 4 aromatic rings. The second kappa shape index (κ2) is 16.4. The van der Waals surface area contributed by atoms with Gasteiger partial charge in [-0.1, -0.05) is 43.3 Å². The summed E-state index contributed by atoms with van der Waals surface area (Å²) in [6.45, 7) is 8.52. The molecule has 0 bridgehead atoms. The molecule has 0 saturated carbocycles. The third-order valence-electron chi connectivity index (χ3n) is 10.7. The smallest absolute Gasteiger partial charge is 0.412 e. The highest BCUT2D eigenvalue weighted by atomic mass is 32.2. The van der Waals surface area contributed by atoms with Gasteiger partial charge in [-0.3, -0.25) is 4.90 Å². The van der Waals surface area contributed by atoms with Gasteiger partial charge in [-0.15, -0.1) is 0 Å². The van der Waals surface area contributed by atoms with Crippen molar-refractivity contribution < 1.29 is 55.6 Å². The number of hydrogen-bond donors (Lipinski definition) is 0. The van der Waals surface area contributed by atoms with E-state index in [9.17, 15) is 13.2 Å². The third kappa shape index (κ3) is 8.18. The molecule has 0 spiro atoms. The highest BCUT2D eigenvalue weighted by molar-refractivity contribution is 7.89. The van der Waals surface area contributed by atoms with Crippen molar-refractivity contribution in [2.45, 2.75) is 82.3 Å². The topological polar surface area (TPSA) is 170 Å². The van der Waals surface area contributed by atoms with Crippen molar-refractivity contribution in [3.63, 3.8) is 0 Å². The second-order valence-corrected chi connectivity index (χ2v) is 17.5. The second-order valence-electron chi connectivity index (χ2n) is 15.6. The standard InChI is InChI=1S/C41H48N4O12S/c1-25(2)20-44(58(47,48)28-14-15-33-34(19-28)54-24-53-33)21-35-31(45(41(3,4)56-35)40(46)55-36-22-52-39-30(36)16-17-50-39)18-26-10-12-27(13-11-26)51-23-37-42-38(57-43-37)29-8-6-7-9-32(29)49-5/h6-15,19,25,30-31,35-36,39H,16-18,20-24H2,1-5H3/t30-,31-,35+,36-,39+/m0/s1. The van der Waals surface area contributed by atoms with Gasteiger partial charge >= 0.3 is 6.09 Å². The van der Waals surface area contributed by atoms with Gasteiger partial charge in [0.25, 0.3) is 5.89 Å². The van der Waals surface area contributed by atoms with Crippen molar-refractivity contribution in [3.8, 4) is 34.5 Å². The summed E-state index contributed by atoms with van der Waals surface area (Å²) in [4.78, 5) is 20.4. The van der Waals surface area contributed by atoms with E-state index in [1.807, 2.05) is 62.4 Å². The quantitative estimate of drug-likeness (QED) is 0.153. The molecule has 5 atom stereocenters. The Bertz CT molecular complexity index is 2200. The first-order chi connectivity index (χ1) is 27.9. The SMILES string of the molecule is COc1ccccc1-c1nc(COc2ccc(C[C@H]3[C@@H](CN(CC(C)C)S(=O)(=O)c4ccc5c(c4)OCO5)OC(C)(C)N3C(=O)O[C@H]3CO[C@H]4OCC[C@H]43)cc2)no1. The van der Waals surface area contributed by atoms with Crippen LogP contribution in [0.25, 0.3) is 11.5 Å². The molecule has 1 amide bonds. The minimum Gasteiger partial charge on any atom is -0.496 e. The van der Waals surface area contributed by atoms with Crippen LogP contribution in [-0.4, -0.2) is 104 Å². The van der Waals surface area contributed by atoms with Gasteiger partial charge in [-0.25, -0.2) is 13.2 Å². The normalized spacial score (nSPS) is 23.4. The Balaban J connectivity index is 1.03. The molecule has 8 rings (SSSR count). The molecule has 3 fully saturated rings. The van der Waals surface area contributed by atoms with E-state index in [1.54, 1.807) is 31.9 Å². The van der Waals surface area contributed by atoms with Crippen LogP contribution in [0.3, 0.4) is 0 Å². The van der Waals surface area contributed by atoms with Crippen molar-refractivity contribution in [2.75, 3.05) is 40.2 Å². The molecule has 1 aromatic heterocycles. The summed E-state index contributed by atoms with van der Waals surface area (Å²) in [7, 11) is -2.47. The fourth-order valence-electron chi connectivity index (χ4n) is 7.96. The lowest BCUT2D eigenvalue weighted by Crippen LogP contribution is -2.51. The zero-order valence-electron chi connectivity index (χ0n) is 33.1. The lowest BCUT2D eigenvalue weighted by molar-refractivity contribution is -0.0911. The lowest BCUT2D eigenvalue weighted by atomic mass is 9.99. The Labute approximate surface area is 337 Å². The van der Waals surface area contributed by atoms with Crippen LogP contribution in [-0.2, 0) is 42.0 Å². The Morgan fingerprint density at radius 1 is 1.03 bits per heavy atom. The average Bonchev–Trinajstić information content (AvgIpc) is 4.05. The van der Waals surface area contributed by atoms with Crippen molar-refractivity contribution in [3.05, 3.63) is 78.1 Å². The molecule has 17 heteroatoms. The largest absolute Gasteiger partial charge is 0.496 e. The van der Waals surface area contributed by atoms with E-state index in [4.69, 9.17) is 42.4 Å². The number of benzene rings is 3. The van der Waals surface area contributed by atoms with E-state index in [-0.39, 0.29) is 49.8 Å². The zero-order valence-corrected chi connectivity index (χ0v) is 33.9. The van der Waals surface area contributed by atoms with E-state index in [1.165, 1.54) is 16.4 Å². The molecular formula is C41H48N4O12S. The molecule has 310 valence electrons. The summed E-state index contributed by atoms with van der Waals surface area (Å²) >= 11 is 0. The van der Waals surface area contributed by atoms with E-state index in [2.05, 4.69) is 10.1 Å². The molecule has 16 nitrogen and oxygen atoms in total. The monoisotopic (exact) mass is 820 g/mol. The van der Waals surface area contributed by atoms with Gasteiger partial charge in [-0.05, 0) is 74.6 Å². The van der Waals surface area contributed by atoms with Crippen LogP contribution >= 0.6 is 0 Å². The zero-order chi connectivity index (χ0) is 40.6. The highest BCUT2D eigenvalue weighted by Gasteiger charge is 2.53. The number of ether oxygens (including phenoxy) is 8. The number of para-hydroxylation sites is 1. The van der Waals surface area contributed by atoms with Crippen LogP contribution in [0.5, 0.6) is 23.0 Å².